The highest BCUT2D eigenvalue weighted by molar-refractivity contribution is 5.68. The number of carbonyl (C=O) groups is 6. The Labute approximate surface area is 182 Å². The average Bonchev–Trinajstić information content (AvgIpc) is 2.61. The Morgan fingerprint density at radius 2 is 1.00 bits per heavy atom. The molecule has 0 aliphatic heterocycles. The van der Waals surface area contributed by atoms with Gasteiger partial charge in [0, 0.05) is 26.2 Å². The maximum atomic E-state index is 9.76. The van der Waals surface area contributed by atoms with Gasteiger partial charge in [0.15, 0.2) is 0 Å². The molecule has 0 unspecified atom stereocenters. The van der Waals surface area contributed by atoms with E-state index in [1.54, 1.807) is 20.8 Å². The smallest absolute Gasteiger partial charge is 0.305 e. The van der Waals surface area contributed by atoms with Crippen LogP contribution in [-0.4, -0.2) is 67.0 Å². The third-order valence-electron chi connectivity index (χ3n) is 2.00. The largest absolute Gasteiger partial charge is 0.483 e. The normalized spacial score (nSPS) is 7.71. The quantitative estimate of drug-likeness (QED) is 0.302. The third kappa shape index (κ3) is 171. The van der Waals surface area contributed by atoms with Gasteiger partial charge >= 0.3 is 23.9 Å². The molecule has 0 bridgehead atoms. The zero-order valence-corrected chi connectivity index (χ0v) is 19.0. The summed E-state index contributed by atoms with van der Waals surface area (Å²) in [5.41, 5.74) is 0. The van der Waals surface area contributed by atoms with Crippen LogP contribution < -0.4 is 0 Å². The van der Waals surface area contributed by atoms with Crippen LogP contribution in [0.3, 0.4) is 0 Å². The molecule has 0 heterocycles. The van der Waals surface area contributed by atoms with Crippen molar-refractivity contribution in [2.24, 2.45) is 5.92 Å². The minimum atomic E-state index is -0.833. The van der Waals surface area contributed by atoms with Crippen LogP contribution in [0.15, 0.2) is 0 Å². The van der Waals surface area contributed by atoms with Crippen molar-refractivity contribution in [3.63, 3.8) is 0 Å². The molecule has 31 heavy (non-hydrogen) atoms. The standard InChI is InChI=1S/C5H10O2.2C4H8O2.C3H6O2.C2H4O2.CH2O2/c1-2-3-4-5(6)7;1-3(2)4(5)6;1-2-3-4(5)6;1-2-3(4)5;1-2(3)4;2-1-3/h2-4H2,1H3,(H,6,7);3H,1-2H3,(H,5,6);2-3H2,1H3,(H,5,6);2H2,1H3,(H,4,5);1H3,(H,3,4);1H,(H,2,3). The lowest BCUT2D eigenvalue weighted by Gasteiger charge is -1.89. The van der Waals surface area contributed by atoms with Crippen LogP contribution in [0.5, 0.6) is 0 Å². The van der Waals surface area contributed by atoms with Crippen molar-refractivity contribution in [3.05, 3.63) is 0 Å². The molecular weight excluding hydrogens is 420 g/mol. The summed E-state index contributed by atoms with van der Waals surface area (Å²) >= 11 is 0. The van der Waals surface area contributed by atoms with Crippen molar-refractivity contribution < 1.29 is 59.4 Å². The predicted molar refractivity (Wildman–Crippen MR) is 112 cm³/mol. The summed E-state index contributed by atoms with van der Waals surface area (Å²) in [6, 6.07) is 0. The predicted octanol–water partition coefficient (Wildman–Crippen LogP) is 3.13. The molecule has 0 aliphatic carbocycles. The first-order valence-electron chi connectivity index (χ1n) is 9.26. The SMILES string of the molecule is CC(=O)O.CC(C)C(=O)O.CCC(=O)O.CCCC(=O)O.CCCCC(=O)O.O=CO. The van der Waals surface area contributed by atoms with Crippen molar-refractivity contribution in [1.29, 1.82) is 0 Å². The molecule has 0 radical (unpaired) electrons. The molecule has 0 fully saturated rings. The van der Waals surface area contributed by atoms with Gasteiger partial charge in [0.2, 0.25) is 0 Å². The van der Waals surface area contributed by atoms with E-state index in [-0.39, 0.29) is 18.8 Å². The molecule has 0 amide bonds. The van der Waals surface area contributed by atoms with E-state index in [2.05, 4.69) is 0 Å². The van der Waals surface area contributed by atoms with Crippen LogP contribution in [0.25, 0.3) is 0 Å². The van der Waals surface area contributed by atoms with E-state index in [1.165, 1.54) is 0 Å². The molecule has 0 aromatic heterocycles. The Hall–Kier alpha value is -3.18. The van der Waals surface area contributed by atoms with Gasteiger partial charge in [0.25, 0.3) is 12.4 Å². The second-order valence-corrected chi connectivity index (χ2v) is 5.51. The molecule has 0 saturated heterocycles. The Bertz CT molecular complexity index is 455. The van der Waals surface area contributed by atoms with Crippen LogP contribution in [0.2, 0.25) is 0 Å². The average molecular weight is 459 g/mol. The lowest BCUT2D eigenvalue weighted by molar-refractivity contribution is -0.141. The summed E-state index contributed by atoms with van der Waals surface area (Å²) in [4.78, 5) is 55.8. The second kappa shape index (κ2) is 37.6. The van der Waals surface area contributed by atoms with Crippen LogP contribution in [0.4, 0.5) is 0 Å². The lowest BCUT2D eigenvalue weighted by Crippen LogP contribution is -2.03. The van der Waals surface area contributed by atoms with Crippen LogP contribution in [0, 0.1) is 5.92 Å². The topological polar surface area (TPSA) is 224 Å². The molecule has 0 aliphatic rings. The number of rotatable bonds is 7. The van der Waals surface area contributed by atoms with E-state index < -0.39 is 29.8 Å². The zero-order chi connectivity index (χ0) is 26.4. The van der Waals surface area contributed by atoms with E-state index in [0.717, 1.165) is 26.2 Å². The first-order chi connectivity index (χ1) is 14.1. The molecule has 12 nitrogen and oxygen atoms in total. The first kappa shape index (κ1) is 42.0. The van der Waals surface area contributed by atoms with Crippen LogP contribution >= 0.6 is 0 Å². The maximum Gasteiger partial charge on any atom is 0.305 e. The van der Waals surface area contributed by atoms with Gasteiger partial charge in [-0.1, -0.05) is 41.0 Å². The van der Waals surface area contributed by atoms with Gasteiger partial charge < -0.3 is 30.6 Å². The molecule has 0 atom stereocenters. The fourth-order valence-corrected chi connectivity index (χ4v) is 0.542. The molecule has 0 aromatic carbocycles. The van der Waals surface area contributed by atoms with Gasteiger partial charge in [-0.3, -0.25) is 28.8 Å². The maximum absolute atomic E-state index is 9.76. The molecule has 186 valence electrons. The molecule has 0 saturated carbocycles. The van der Waals surface area contributed by atoms with Crippen molar-refractivity contribution in [2.75, 3.05) is 0 Å². The first-order valence-corrected chi connectivity index (χ1v) is 9.26. The van der Waals surface area contributed by atoms with E-state index >= 15 is 0 Å². The van der Waals surface area contributed by atoms with Gasteiger partial charge in [-0.2, -0.15) is 0 Å². The minimum absolute atomic E-state index is 0.222. The summed E-state index contributed by atoms with van der Waals surface area (Å²) in [7, 11) is 0. The molecule has 0 spiro atoms. The Balaban J connectivity index is -0.0000000616. The lowest BCUT2D eigenvalue weighted by atomic mass is 10.2. The number of hydrogen-bond donors (Lipinski definition) is 6. The van der Waals surface area contributed by atoms with E-state index in [1.807, 2.05) is 13.8 Å². The Kier molecular flexibility index (Phi) is 50.9. The number of carboxylic acid groups (broad SMARTS) is 6. The zero-order valence-electron chi connectivity index (χ0n) is 19.0. The number of carboxylic acids is 5. The highest BCUT2D eigenvalue weighted by Crippen LogP contribution is 1.91. The summed E-state index contributed by atoms with van der Waals surface area (Å²) in [5, 5.41) is 46.0. The van der Waals surface area contributed by atoms with Crippen LogP contribution in [0.1, 0.15) is 80.1 Å². The fraction of sp³-hybridized carbons (Fsp3) is 0.684. The van der Waals surface area contributed by atoms with Gasteiger partial charge in [-0.15, -0.1) is 0 Å². The molecular formula is C19H38O12. The Morgan fingerprint density at radius 3 is 1.03 bits per heavy atom. The van der Waals surface area contributed by atoms with Crippen molar-refractivity contribution in [3.8, 4) is 0 Å². The van der Waals surface area contributed by atoms with Gasteiger partial charge in [-0.25, -0.2) is 0 Å². The fourth-order valence-electron chi connectivity index (χ4n) is 0.542. The summed E-state index contributed by atoms with van der Waals surface area (Å²) < 4.78 is 0. The third-order valence-corrected chi connectivity index (χ3v) is 2.00. The van der Waals surface area contributed by atoms with Crippen molar-refractivity contribution in [1.82, 2.24) is 0 Å². The van der Waals surface area contributed by atoms with E-state index in [0.29, 0.717) is 12.8 Å². The molecule has 0 aromatic rings. The number of aliphatic carboxylic acids is 5. The van der Waals surface area contributed by atoms with Gasteiger partial charge in [0.05, 0.1) is 5.92 Å². The van der Waals surface area contributed by atoms with Crippen LogP contribution in [-0.2, 0) is 28.8 Å². The summed E-state index contributed by atoms with van der Waals surface area (Å²) in [6.45, 7) is 9.53. The molecule has 0 rings (SSSR count). The molecule has 12 heteroatoms. The highest BCUT2D eigenvalue weighted by atomic mass is 16.4. The van der Waals surface area contributed by atoms with E-state index in [4.69, 9.17) is 40.2 Å². The van der Waals surface area contributed by atoms with Gasteiger partial charge in [-0.05, 0) is 12.8 Å². The van der Waals surface area contributed by atoms with Crippen molar-refractivity contribution >= 4 is 36.3 Å². The number of hydrogen-bond acceptors (Lipinski definition) is 6. The number of unbranched alkanes of at least 4 members (excludes halogenated alkanes) is 1. The summed E-state index contributed by atoms with van der Waals surface area (Å²) in [5.74, 6) is -3.95. The van der Waals surface area contributed by atoms with Gasteiger partial charge in [0.1, 0.15) is 0 Å². The summed E-state index contributed by atoms with van der Waals surface area (Å²) in [6.07, 6.45) is 3.33. The monoisotopic (exact) mass is 458 g/mol. The van der Waals surface area contributed by atoms with E-state index in [9.17, 15) is 19.2 Å². The second-order valence-electron chi connectivity index (χ2n) is 5.51. The Morgan fingerprint density at radius 1 is 0.742 bits per heavy atom. The van der Waals surface area contributed by atoms with Crippen molar-refractivity contribution in [2.45, 2.75) is 80.1 Å². The highest BCUT2D eigenvalue weighted by Gasteiger charge is 1.99. The molecule has 6 N–H and O–H groups in total. The minimum Gasteiger partial charge on any atom is -0.483 e.